The van der Waals surface area contributed by atoms with Gasteiger partial charge in [-0.3, -0.25) is 14.2 Å². The molecule has 2 unspecified atom stereocenters. The highest BCUT2D eigenvalue weighted by Crippen LogP contribution is 2.44. The summed E-state index contributed by atoms with van der Waals surface area (Å²) in [5, 5.41) is 13.6. The minimum atomic E-state index is -4.27. The van der Waals surface area contributed by atoms with E-state index < -0.39 is 49.3 Å². The zero-order valence-electron chi connectivity index (χ0n) is 46.3. The predicted octanol–water partition coefficient (Wildman–Crippen LogP) is 4.77. The van der Waals surface area contributed by atoms with Crippen LogP contribution in [0.2, 0.25) is 5.28 Å². The van der Waals surface area contributed by atoms with Crippen LogP contribution in [0.1, 0.15) is 54.4 Å². The molecule has 2 atom stereocenters. The van der Waals surface area contributed by atoms with Crippen LogP contribution in [0.4, 0.5) is 19.0 Å². The second kappa shape index (κ2) is 32.9. The molecule has 8 rings (SSSR count). The van der Waals surface area contributed by atoms with Crippen LogP contribution in [0.25, 0.3) is 11.0 Å². The summed E-state index contributed by atoms with van der Waals surface area (Å²) in [7, 11) is -4.27. The van der Waals surface area contributed by atoms with E-state index in [1.54, 1.807) is 46.0 Å². The Balaban J connectivity index is 0.579. The number of hydrogen-bond donors (Lipinski definition) is 2. The molecule has 31 heteroatoms. The zero-order chi connectivity index (χ0) is 59.2. The largest absolute Gasteiger partial charge is 0.491 e. The number of aromatic nitrogens is 7. The number of likely N-dealkylation sites (tertiary alicyclic amines) is 1. The summed E-state index contributed by atoms with van der Waals surface area (Å²) in [6.07, 6.45) is 4.84. The van der Waals surface area contributed by atoms with Crippen molar-refractivity contribution in [2.75, 3.05) is 150 Å². The Kier molecular flexibility index (Phi) is 25.2. The molecule has 462 valence electrons. The zero-order valence-corrected chi connectivity index (χ0v) is 47.9. The fourth-order valence-corrected chi connectivity index (χ4v) is 10.00. The molecule has 1 amide bonds. The third-order valence-corrected chi connectivity index (χ3v) is 14.1. The van der Waals surface area contributed by atoms with Gasteiger partial charge in [0.2, 0.25) is 11.0 Å². The Morgan fingerprint density at radius 2 is 1.38 bits per heavy atom. The lowest BCUT2D eigenvalue weighted by Crippen LogP contribution is -2.64. The van der Waals surface area contributed by atoms with Crippen molar-refractivity contribution < 1.29 is 94.0 Å². The minimum absolute atomic E-state index is 0.0314. The van der Waals surface area contributed by atoms with Gasteiger partial charge in [-0.2, -0.15) is 15.1 Å². The molecule has 6 heterocycles. The van der Waals surface area contributed by atoms with Crippen molar-refractivity contribution in [3.8, 4) is 11.5 Å². The number of amides is 1. The molecule has 3 aliphatic heterocycles. The highest BCUT2D eigenvalue weighted by atomic mass is 35.5. The lowest BCUT2D eigenvalue weighted by atomic mass is 9.73. The van der Waals surface area contributed by atoms with Gasteiger partial charge in [-0.05, 0) is 61.5 Å². The van der Waals surface area contributed by atoms with E-state index in [0.717, 1.165) is 18.2 Å². The summed E-state index contributed by atoms with van der Waals surface area (Å²) < 4.78 is 121. The van der Waals surface area contributed by atoms with Crippen LogP contribution in [-0.4, -0.2) is 212 Å². The summed E-state index contributed by atoms with van der Waals surface area (Å²) in [4.78, 5) is 56.8. The number of fused-ring (bicyclic) bond motifs is 1. The van der Waals surface area contributed by atoms with Crippen LogP contribution < -0.4 is 14.4 Å². The predicted molar refractivity (Wildman–Crippen MR) is 290 cm³/mol. The topological polar surface area (TPSA) is 283 Å². The molecule has 0 radical (unpaired) electrons. The number of piperidine rings is 1. The van der Waals surface area contributed by atoms with Gasteiger partial charge in [-0.1, -0.05) is 5.21 Å². The van der Waals surface area contributed by atoms with E-state index in [1.165, 1.54) is 0 Å². The van der Waals surface area contributed by atoms with E-state index in [1.807, 2.05) is 4.90 Å². The number of carbonyl (C=O) groups excluding carboxylic acids is 2. The maximum Gasteiger partial charge on any atom is 0.350 e. The van der Waals surface area contributed by atoms with Crippen molar-refractivity contribution in [3.63, 3.8) is 0 Å². The Hall–Kier alpha value is -5.50. The van der Waals surface area contributed by atoms with Crippen molar-refractivity contribution in [3.05, 3.63) is 82.8 Å². The Morgan fingerprint density at radius 3 is 2.04 bits per heavy atom. The number of nitrogens with zero attached hydrogens (tertiary/aromatic N) is 9. The molecular formula is C53H70ClF3N9O17P. The van der Waals surface area contributed by atoms with Crippen LogP contribution in [0.3, 0.4) is 0 Å². The Morgan fingerprint density at radius 1 is 0.762 bits per heavy atom. The molecule has 2 aromatic carbocycles. The SMILES string of the molecule is O=C(CCOCCOCCOCCOCCn1cc(COCCOCCOCCOCCOc2ccc(C(=O)N3CCCC4(C3)CN(c3nc(Cl)nc5c3cnn5C3CCC(COCP(=O)(O)O)O3)C4)cc2)nn1)Oc1c(F)cc(F)cc1F. The van der Waals surface area contributed by atoms with Crippen molar-refractivity contribution in [1.82, 2.24) is 39.6 Å². The second-order valence-corrected chi connectivity index (χ2v) is 21.8. The fraction of sp³-hybridized carbons (Fsp3) is 0.604. The number of carbonyl (C=O) groups is 2. The van der Waals surface area contributed by atoms with E-state index >= 15 is 0 Å². The maximum atomic E-state index is 13.7. The van der Waals surface area contributed by atoms with Crippen molar-refractivity contribution in [1.29, 1.82) is 0 Å². The maximum absolute atomic E-state index is 13.7. The number of esters is 1. The number of ether oxygens (including phenoxy) is 12. The van der Waals surface area contributed by atoms with Gasteiger partial charge < -0.3 is 76.4 Å². The Bertz CT molecular complexity index is 2880. The Labute approximate surface area is 487 Å². The molecule has 2 N–H and O–H groups in total. The lowest BCUT2D eigenvalue weighted by Gasteiger charge is -2.55. The van der Waals surface area contributed by atoms with Crippen LogP contribution in [0.5, 0.6) is 11.5 Å². The first-order valence-electron chi connectivity index (χ1n) is 27.5. The highest BCUT2D eigenvalue weighted by Gasteiger charge is 2.48. The van der Waals surface area contributed by atoms with Gasteiger partial charge in [0.05, 0.1) is 149 Å². The van der Waals surface area contributed by atoms with E-state index in [-0.39, 0.29) is 62.2 Å². The van der Waals surface area contributed by atoms with Crippen LogP contribution >= 0.6 is 19.2 Å². The van der Waals surface area contributed by atoms with Gasteiger partial charge in [-0.25, -0.2) is 22.5 Å². The minimum Gasteiger partial charge on any atom is -0.491 e. The molecule has 3 aliphatic rings. The van der Waals surface area contributed by atoms with E-state index in [4.69, 9.17) is 73.5 Å². The first kappa shape index (κ1) is 64.5. The normalized spacial score (nSPS) is 16.9. The summed E-state index contributed by atoms with van der Waals surface area (Å²) in [5.74, 6) is -4.35. The summed E-state index contributed by atoms with van der Waals surface area (Å²) >= 11 is 6.45. The first-order valence-corrected chi connectivity index (χ1v) is 29.7. The number of hydrogen-bond acceptors (Lipinski definition) is 21. The first-order chi connectivity index (χ1) is 40.7. The van der Waals surface area contributed by atoms with Crippen LogP contribution in [0, 0.1) is 22.9 Å². The molecule has 26 nitrogen and oxygen atoms in total. The third kappa shape index (κ3) is 20.3. The third-order valence-electron chi connectivity index (χ3n) is 13.4. The van der Waals surface area contributed by atoms with Gasteiger partial charge in [0, 0.05) is 49.3 Å². The van der Waals surface area contributed by atoms with Gasteiger partial charge in [-0.15, -0.1) is 5.10 Å². The van der Waals surface area contributed by atoms with Gasteiger partial charge in [0.1, 0.15) is 36.0 Å². The summed E-state index contributed by atoms with van der Waals surface area (Å²) in [6, 6.07) is 7.99. The fourth-order valence-electron chi connectivity index (χ4n) is 9.49. The van der Waals surface area contributed by atoms with Crippen molar-refractivity contribution in [2.45, 2.75) is 57.6 Å². The number of rotatable bonds is 38. The quantitative estimate of drug-likeness (QED) is 0.0177. The lowest BCUT2D eigenvalue weighted by molar-refractivity contribution is -0.136. The van der Waals surface area contributed by atoms with E-state index in [2.05, 4.69) is 35.0 Å². The number of anilines is 1. The molecule has 5 aromatic rings. The second-order valence-electron chi connectivity index (χ2n) is 19.9. The molecule has 3 fully saturated rings. The molecular weight excluding hydrogens is 1160 g/mol. The highest BCUT2D eigenvalue weighted by molar-refractivity contribution is 7.51. The summed E-state index contributed by atoms with van der Waals surface area (Å²) in [5.41, 5.74) is 1.69. The van der Waals surface area contributed by atoms with Gasteiger partial charge >= 0.3 is 13.6 Å². The van der Waals surface area contributed by atoms with Crippen LogP contribution in [0.15, 0.2) is 48.8 Å². The average molecular weight is 1230 g/mol. The van der Waals surface area contributed by atoms with E-state index in [0.29, 0.717) is 172 Å². The van der Waals surface area contributed by atoms with Gasteiger partial charge in [0.25, 0.3) is 5.91 Å². The summed E-state index contributed by atoms with van der Waals surface area (Å²) in [6.45, 7) is 8.73. The van der Waals surface area contributed by atoms with Crippen molar-refractivity contribution in [2.24, 2.45) is 5.41 Å². The molecule has 1 spiro atoms. The van der Waals surface area contributed by atoms with E-state index in [9.17, 15) is 27.3 Å². The molecule has 3 saturated heterocycles. The smallest absolute Gasteiger partial charge is 0.350 e. The monoisotopic (exact) mass is 1230 g/mol. The van der Waals surface area contributed by atoms with Crippen molar-refractivity contribution >= 4 is 47.9 Å². The van der Waals surface area contributed by atoms with Crippen LogP contribution in [-0.2, 0) is 69.9 Å². The molecule has 0 aliphatic carbocycles. The molecule has 3 aromatic heterocycles. The average Bonchev–Trinajstić information content (AvgIpc) is 1.81. The standard InChI is InChI=1S/C53H70ClF3N9O17P/c54-52-59-49(43-30-58-66(50(43)60-52)46-7-6-42(82-46)33-80-37-84(69,70)71)64-35-53(36-64)9-1-10-63(34-53)51(68)38-2-4-41(5-3-38)81-27-26-78-23-22-76-20-21-77-24-25-79-32-40-31-65(62-61-40)11-13-73-15-17-75-19-18-74-16-14-72-12-8-47(67)83-48-44(56)28-39(55)29-45(48)57/h2-5,28-31,42,46H,1,6-27,32-37H2,(H2,69,70,71). The molecule has 0 saturated carbocycles. The number of benzene rings is 2. The molecule has 84 heavy (non-hydrogen) atoms. The number of halogens is 4. The molecule has 0 bridgehead atoms. The van der Waals surface area contributed by atoms with Gasteiger partial charge in [0.15, 0.2) is 23.5 Å².